The fourth-order valence-electron chi connectivity index (χ4n) is 1.77. The Morgan fingerprint density at radius 2 is 1.79 bits per heavy atom. The molecular formula is C12H16NO+. The average molecular weight is 190 g/mol. The van der Waals surface area contributed by atoms with E-state index in [-0.39, 0.29) is 0 Å². The SMILES string of the molecule is COc1ccc(C=[N+]2CCCC2)cc1. The van der Waals surface area contributed by atoms with Crippen LogP contribution in [0.25, 0.3) is 0 Å². The standard InChI is InChI=1S/C12H16NO/c1-14-12-6-4-11(5-7-12)10-13-8-2-3-9-13/h4-7,10H,2-3,8-9H2,1H3/q+1. The first-order valence-electron chi connectivity index (χ1n) is 5.11. The van der Waals surface area contributed by atoms with Gasteiger partial charge in [0.25, 0.3) is 0 Å². The van der Waals surface area contributed by atoms with Gasteiger partial charge in [0.15, 0.2) is 6.21 Å². The molecule has 0 saturated carbocycles. The van der Waals surface area contributed by atoms with Gasteiger partial charge in [-0.05, 0) is 24.3 Å². The zero-order valence-corrected chi connectivity index (χ0v) is 8.57. The van der Waals surface area contributed by atoms with Crippen LogP contribution in [0.4, 0.5) is 0 Å². The summed E-state index contributed by atoms with van der Waals surface area (Å²) in [4.78, 5) is 0. The molecular weight excluding hydrogens is 174 g/mol. The molecule has 1 aliphatic heterocycles. The summed E-state index contributed by atoms with van der Waals surface area (Å²) >= 11 is 0. The highest BCUT2D eigenvalue weighted by Gasteiger charge is 2.11. The summed E-state index contributed by atoms with van der Waals surface area (Å²) in [7, 11) is 1.69. The summed E-state index contributed by atoms with van der Waals surface area (Å²) < 4.78 is 7.49. The monoisotopic (exact) mass is 190 g/mol. The lowest BCUT2D eigenvalue weighted by Gasteiger charge is -1.98. The van der Waals surface area contributed by atoms with Crippen LogP contribution in [0.1, 0.15) is 18.4 Å². The van der Waals surface area contributed by atoms with E-state index in [2.05, 4.69) is 22.9 Å². The smallest absolute Gasteiger partial charge is 0.170 e. The molecule has 0 amide bonds. The Morgan fingerprint density at radius 3 is 2.36 bits per heavy atom. The van der Waals surface area contributed by atoms with Crippen LogP contribution in [0, 0.1) is 0 Å². The van der Waals surface area contributed by atoms with Gasteiger partial charge in [0.05, 0.1) is 7.11 Å². The van der Waals surface area contributed by atoms with Crippen LogP contribution < -0.4 is 4.74 Å². The molecule has 2 heteroatoms. The highest BCUT2D eigenvalue weighted by molar-refractivity contribution is 5.75. The molecule has 1 saturated heterocycles. The van der Waals surface area contributed by atoms with Crippen molar-refractivity contribution in [3.05, 3.63) is 29.8 Å². The molecule has 0 atom stereocenters. The van der Waals surface area contributed by atoms with E-state index in [0.29, 0.717) is 0 Å². The Morgan fingerprint density at radius 1 is 1.14 bits per heavy atom. The van der Waals surface area contributed by atoms with Gasteiger partial charge >= 0.3 is 0 Å². The Hall–Kier alpha value is -1.31. The van der Waals surface area contributed by atoms with Crippen molar-refractivity contribution in [2.75, 3.05) is 20.2 Å². The fourth-order valence-corrected chi connectivity index (χ4v) is 1.77. The molecule has 1 aliphatic rings. The highest BCUT2D eigenvalue weighted by Crippen LogP contribution is 2.10. The number of benzene rings is 1. The Bertz CT molecular complexity index is 319. The molecule has 0 aliphatic carbocycles. The van der Waals surface area contributed by atoms with Crippen LogP contribution in [-0.2, 0) is 0 Å². The van der Waals surface area contributed by atoms with Gasteiger partial charge in [-0.3, -0.25) is 0 Å². The van der Waals surface area contributed by atoms with Crippen molar-refractivity contribution in [3.63, 3.8) is 0 Å². The summed E-state index contributed by atoms with van der Waals surface area (Å²) in [5.74, 6) is 0.920. The first kappa shape index (κ1) is 9.25. The van der Waals surface area contributed by atoms with Gasteiger partial charge < -0.3 is 4.74 Å². The van der Waals surface area contributed by atoms with Crippen molar-refractivity contribution in [2.24, 2.45) is 0 Å². The third-order valence-corrected chi connectivity index (χ3v) is 2.59. The van der Waals surface area contributed by atoms with Gasteiger partial charge in [0, 0.05) is 18.4 Å². The Kier molecular flexibility index (Phi) is 2.82. The van der Waals surface area contributed by atoms with Crippen LogP contribution in [0.2, 0.25) is 0 Å². The molecule has 1 aromatic carbocycles. The third-order valence-electron chi connectivity index (χ3n) is 2.59. The third kappa shape index (κ3) is 2.13. The van der Waals surface area contributed by atoms with Gasteiger partial charge in [0.1, 0.15) is 18.8 Å². The first-order valence-corrected chi connectivity index (χ1v) is 5.11. The normalized spacial score (nSPS) is 15.6. The molecule has 0 N–H and O–H groups in total. The molecule has 0 unspecified atom stereocenters. The number of ether oxygens (including phenoxy) is 1. The zero-order chi connectivity index (χ0) is 9.80. The predicted molar refractivity (Wildman–Crippen MR) is 57.4 cm³/mol. The predicted octanol–water partition coefficient (Wildman–Crippen LogP) is 1.92. The van der Waals surface area contributed by atoms with E-state index in [9.17, 15) is 0 Å². The molecule has 0 spiro atoms. The average Bonchev–Trinajstić information content (AvgIpc) is 2.72. The number of hydrogen-bond acceptors (Lipinski definition) is 1. The molecule has 0 radical (unpaired) electrons. The van der Waals surface area contributed by atoms with E-state index in [4.69, 9.17) is 4.74 Å². The lowest BCUT2D eigenvalue weighted by molar-refractivity contribution is -0.500. The lowest BCUT2D eigenvalue weighted by Crippen LogP contribution is -2.07. The topological polar surface area (TPSA) is 12.2 Å². The van der Waals surface area contributed by atoms with Crippen molar-refractivity contribution in [3.8, 4) is 5.75 Å². The minimum absolute atomic E-state index is 0.920. The molecule has 2 rings (SSSR count). The summed E-state index contributed by atoms with van der Waals surface area (Å²) in [5, 5.41) is 0. The summed E-state index contributed by atoms with van der Waals surface area (Å²) in [5.41, 5.74) is 1.26. The zero-order valence-electron chi connectivity index (χ0n) is 8.57. The highest BCUT2D eigenvalue weighted by atomic mass is 16.5. The maximum atomic E-state index is 5.11. The van der Waals surface area contributed by atoms with Crippen LogP contribution >= 0.6 is 0 Å². The van der Waals surface area contributed by atoms with Crippen molar-refractivity contribution in [2.45, 2.75) is 12.8 Å². The van der Waals surface area contributed by atoms with E-state index in [1.54, 1.807) is 7.11 Å². The maximum absolute atomic E-state index is 5.11. The molecule has 1 fully saturated rings. The second-order valence-corrected chi connectivity index (χ2v) is 3.65. The first-order chi connectivity index (χ1) is 6.88. The molecule has 74 valence electrons. The van der Waals surface area contributed by atoms with Crippen LogP contribution in [-0.4, -0.2) is 31.0 Å². The molecule has 1 aromatic rings. The fraction of sp³-hybridized carbons (Fsp3) is 0.417. The van der Waals surface area contributed by atoms with Gasteiger partial charge in [-0.15, -0.1) is 0 Å². The second kappa shape index (κ2) is 4.27. The molecule has 0 aromatic heterocycles. The number of methoxy groups -OCH3 is 1. The van der Waals surface area contributed by atoms with Crippen LogP contribution in [0.3, 0.4) is 0 Å². The van der Waals surface area contributed by atoms with Gasteiger partial charge in [0.2, 0.25) is 0 Å². The molecule has 1 heterocycles. The molecule has 2 nitrogen and oxygen atoms in total. The van der Waals surface area contributed by atoms with E-state index in [1.807, 2.05) is 12.1 Å². The van der Waals surface area contributed by atoms with E-state index in [0.717, 1.165) is 5.75 Å². The van der Waals surface area contributed by atoms with Gasteiger partial charge in [-0.1, -0.05) is 0 Å². The second-order valence-electron chi connectivity index (χ2n) is 3.65. The van der Waals surface area contributed by atoms with Gasteiger partial charge in [-0.25, -0.2) is 4.58 Å². The minimum atomic E-state index is 0.920. The maximum Gasteiger partial charge on any atom is 0.170 e. The van der Waals surface area contributed by atoms with Gasteiger partial charge in [-0.2, -0.15) is 0 Å². The van der Waals surface area contributed by atoms with E-state index >= 15 is 0 Å². The number of hydrogen-bond donors (Lipinski definition) is 0. The number of nitrogens with zero attached hydrogens (tertiary/aromatic N) is 1. The summed E-state index contributed by atoms with van der Waals surface area (Å²) in [6, 6.07) is 8.19. The van der Waals surface area contributed by atoms with E-state index in [1.165, 1.54) is 31.5 Å². The lowest BCUT2D eigenvalue weighted by atomic mass is 10.2. The van der Waals surface area contributed by atoms with Crippen LogP contribution in [0.5, 0.6) is 5.75 Å². The Balaban J connectivity index is 2.12. The van der Waals surface area contributed by atoms with Crippen LogP contribution in [0.15, 0.2) is 24.3 Å². The molecule has 14 heavy (non-hydrogen) atoms. The Labute approximate surface area is 84.8 Å². The minimum Gasteiger partial charge on any atom is -0.497 e. The van der Waals surface area contributed by atoms with Crippen molar-refractivity contribution >= 4 is 6.21 Å². The molecule has 0 bridgehead atoms. The van der Waals surface area contributed by atoms with Crippen molar-refractivity contribution < 1.29 is 9.31 Å². The summed E-state index contributed by atoms with van der Waals surface area (Å²) in [6.45, 7) is 2.40. The number of rotatable bonds is 2. The van der Waals surface area contributed by atoms with E-state index < -0.39 is 0 Å². The largest absolute Gasteiger partial charge is 0.497 e. The quantitative estimate of drug-likeness (QED) is 0.649. The summed E-state index contributed by atoms with van der Waals surface area (Å²) in [6.07, 6.45) is 4.88. The van der Waals surface area contributed by atoms with Crippen molar-refractivity contribution in [1.82, 2.24) is 0 Å². The van der Waals surface area contributed by atoms with Crippen molar-refractivity contribution in [1.29, 1.82) is 0 Å².